The quantitative estimate of drug-likeness (QED) is 0.217. The van der Waals surface area contributed by atoms with E-state index in [-0.39, 0.29) is 35.1 Å². The minimum Gasteiger partial charge on any atom is -0.493 e. The average Bonchev–Trinajstić information content (AvgIpc) is 2.67. The molecule has 0 N–H and O–H groups in total. The van der Waals surface area contributed by atoms with Crippen molar-refractivity contribution >= 4 is 29.5 Å². The monoisotopic (exact) mass is 386 g/mol. The Bertz CT molecular complexity index is 938. The standard InChI is InChI=1S/C19H18N2O7/c1-3-4-19(22)28-17-10-6-13(11-18(17)27-2)5-7-14-8-9-15(20(23)24)12-16(14)21(25)26/h5-12H,3-4H2,1-2H3/b7-5+. The molecular formula is C19H18N2O7. The minimum atomic E-state index is -0.691. The van der Waals surface area contributed by atoms with E-state index < -0.39 is 9.85 Å². The molecule has 0 saturated carbocycles. The zero-order chi connectivity index (χ0) is 20.7. The van der Waals surface area contributed by atoms with Crippen molar-refractivity contribution in [2.24, 2.45) is 0 Å². The van der Waals surface area contributed by atoms with Gasteiger partial charge < -0.3 is 9.47 Å². The van der Waals surface area contributed by atoms with Crippen LogP contribution in [0, 0.1) is 20.2 Å². The summed E-state index contributed by atoms with van der Waals surface area (Å²) in [6.07, 6.45) is 4.01. The number of hydrogen-bond donors (Lipinski definition) is 0. The highest BCUT2D eigenvalue weighted by molar-refractivity contribution is 5.77. The molecule has 0 bridgehead atoms. The molecule has 9 nitrogen and oxygen atoms in total. The van der Waals surface area contributed by atoms with Crippen molar-refractivity contribution in [3.63, 3.8) is 0 Å². The van der Waals surface area contributed by atoms with E-state index in [4.69, 9.17) is 9.47 Å². The maximum Gasteiger partial charge on any atom is 0.311 e. The van der Waals surface area contributed by atoms with Crippen molar-refractivity contribution < 1.29 is 24.1 Å². The molecule has 0 fully saturated rings. The van der Waals surface area contributed by atoms with Gasteiger partial charge in [0.15, 0.2) is 11.5 Å². The molecule has 0 saturated heterocycles. The SMILES string of the molecule is CCCC(=O)Oc1ccc(/C=C/c2ccc([N+](=O)[O-])cc2[N+](=O)[O-])cc1OC. The number of esters is 1. The molecule has 0 aliphatic heterocycles. The third-order valence-corrected chi connectivity index (χ3v) is 3.74. The van der Waals surface area contributed by atoms with Crippen LogP contribution in [0.25, 0.3) is 12.2 Å². The van der Waals surface area contributed by atoms with Crippen LogP contribution in [0.15, 0.2) is 36.4 Å². The summed E-state index contributed by atoms with van der Waals surface area (Å²) >= 11 is 0. The Morgan fingerprint density at radius 1 is 1.04 bits per heavy atom. The summed E-state index contributed by atoms with van der Waals surface area (Å²) in [7, 11) is 1.43. The number of nitrogens with zero attached hydrogens (tertiary/aromatic N) is 2. The molecule has 0 aliphatic carbocycles. The van der Waals surface area contributed by atoms with E-state index in [1.807, 2.05) is 6.92 Å². The topological polar surface area (TPSA) is 122 Å². The van der Waals surface area contributed by atoms with Gasteiger partial charge in [0, 0.05) is 12.5 Å². The molecule has 2 aromatic carbocycles. The maximum atomic E-state index is 11.6. The minimum absolute atomic E-state index is 0.216. The Labute approximate surface area is 160 Å². The summed E-state index contributed by atoms with van der Waals surface area (Å²) in [5.41, 5.74) is 0.124. The molecule has 0 radical (unpaired) electrons. The van der Waals surface area contributed by atoms with Crippen LogP contribution < -0.4 is 9.47 Å². The summed E-state index contributed by atoms with van der Waals surface area (Å²) in [4.78, 5) is 32.3. The average molecular weight is 386 g/mol. The first kappa shape index (κ1) is 20.6. The summed E-state index contributed by atoms with van der Waals surface area (Å²) < 4.78 is 10.5. The number of methoxy groups -OCH3 is 1. The second kappa shape index (κ2) is 9.26. The second-order valence-corrected chi connectivity index (χ2v) is 5.73. The fraction of sp³-hybridized carbons (Fsp3) is 0.211. The van der Waals surface area contributed by atoms with Crippen molar-refractivity contribution in [1.82, 2.24) is 0 Å². The normalized spacial score (nSPS) is 10.6. The van der Waals surface area contributed by atoms with Crippen LogP contribution in [-0.4, -0.2) is 22.9 Å². The molecule has 0 spiro atoms. The van der Waals surface area contributed by atoms with Gasteiger partial charge in [0.2, 0.25) is 0 Å². The molecule has 0 atom stereocenters. The van der Waals surface area contributed by atoms with E-state index >= 15 is 0 Å². The molecule has 28 heavy (non-hydrogen) atoms. The third kappa shape index (κ3) is 5.13. The second-order valence-electron chi connectivity index (χ2n) is 5.73. The first-order valence-electron chi connectivity index (χ1n) is 8.35. The lowest BCUT2D eigenvalue weighted by Crippen LogP contribution is -2.07. The molecule has 0 heterocycles. The number of hydrogen-bond acceptors (Lipinski definition) is 7. The van der Waals surface area contributed by atoms with Crippen LogP contribution in [0.5, 0.6) is 11.5 Å². The first-order valence-corrected chi connectivity index (χ1v) is 8.35. The lowest BCUT2D eigenvalue weighted by Gasteiger charge is -2.09. The predicted molar refractivity (Wildman–Crippen MR) is 102 cm³/mol. The lowest BCUT2D eigenvalue weighted by atomic mass is 10.1. The van der Waals surface area contributed by atoms with Gasteiger partial charge in [-0.2, -0.15) is 0 Å². The summed E-state index contributed by atoms with van der Waals surface area (Å²) in [6, 6.07) is 8.26. The van der Waals surface area contributed by atoms with Crippen molar-refractivity contribution in [3.8, 4) is 11.5 Å². The number of benzene rings is 2. The Morgan fingerprint density at radius 2 is 1.79 bits per heavy atom. The number of nitro benzene ring substituents is 2. The van der Waals surface area contributed by atoms with E-state index in [2.05, 4.69) is 0 Å². The van der Waals surface area contributed by atoms with Gasteiger partial charge in [0.25, 0.3) is 11.4 Å². The Kier molecular flexibility index (Phi) is 6.80. The zero-order valence-corrected chi connectivity index (χ0v) is 15.3. The molecule has 146 valence electrons. The zero-order valence-electron chi connectivity index (χ0n) is 15.3. The third-order valence-electron chi connectivity index (χ3n) is 3.74. The number of rotatable bonds is 8. The Balaban J connectivity index is 2.30. The van der Waals surface area contributed by atoms with Crippen LogP contribution in [0.2, 0.25) is 0 Å². The van der Waals surface area contributed by atoms with Gasteiger partial charge in [-0.15, -0.1) is 0 Å². The number of non-ortho nitro benzene ring substituents is 1. The van der Waals surface area contributed by atoms with Crippen LogP contribution in [-0.2, 0) is 4.79 Å². The highest BCUT2D eigenvalue weighted by Crippen LogP contribution is 2.30. The molecule has 0 amide bonds. The highest BCUT2D eigenvalue weighted by atomic mass is 16.6. The molecule has 0 unspecified atom stereocenters. The van der Waals surface area contributed by atoms with Crippen LogP contribution in [0.3, 0.4) is 0 Å². The van der Waals surface area contributed by atoms with Crippen LogP contribution >= 0.6 is 0 Å². The lowest BCUT2D eigenvalue weighted by molar-refractivity contribution is -0.394. The van der Waals surface area contributed by atoms with E-state index in [0.29, 0.717) is 17.7 Å². The Morgan fingerprint density at radius 3 is 2.39 bits per heavy atom. The van der Waals surface area contributed by atoms with Crippen molar-refractivity contribution in [1.29, 1.82) is 0 Å². The van der Waals surface area contributed by atoms with Crippen LogP contribution in [0.1, 0.15) is 30.9 Å². The summed E-state index contributed by atoms with van der Waals surface area (Å²) in [6.45, 7) is 1.86. The smallest absolute Gasteiger partial charge is 0.311 e. The van der Waals surface area contributed by atoms with E-state index in [9.17, 15) is 25.0 Å². The first-order chi connectivity index (χ1) is 13.3. The van der Waals surface area contributed by atoms with E-state index in [1.165, 1.54) is 25.3 Å². The predicted octanol–water partition coefficient (Wildman–Crippen LogP) is 4.39. The van der Waals surface area contributed by atoms with Crippen molar-refractivity contribution in [3.05, 3.63) is 67.8 Å². The van der Waals surface area contributed by atoms with Gasteiger partial charge in [0.1, 0.15) is 0 Å². The molecule has 2 rings (SSSR count). The number of carbonyl (C=O) groups is 1. The maximum absolute atomic E-state index is 11.6. The summed E-state index contributed by atoms with van der Waals surface area (Å²) in [5.74, 6) is 0.245. The van der Waals surface area contributed by atoms with Gasteiger partial charge in [0.05, 0.1) is 28.6 Å². The van der Waals surface area contributed by atoms with Gasteiger partial charge in [-0.25, -0.2) is 0 Å². The Hall–Kier alpha value is -3.75. The van der Waals surface area contributed by atoms with Gasteiger partial charge in [-0.1, -0.05) is 19.1 Å². The molecule has 9 heteroatoms. The fourth-order valence-electron chi connectivity index (χ4n) is 2.38. The van der Waals surface area contributed by atoms with Gasteiger partial charge in [-0.3, -0.25) is 25.0 Å². The molecule has 0 aliphatic rings. The molecule has 0 aromatic heterocycles. The van der Waals surface area contributed by atoms with Crippen molar-refractivity contribution in [2.45, 2.75) is 19.8 Å². The van der Waals surface area contributed by atoms with Crippen molar-refractivity contribution in [2.75, 3.05) is 7.11 Å². The fourth-order valence-corrected chi connectivity index (χ4v) is 2.38. The van der Waals surface area contributed by atoms with Crippen LogP contribution in [0.4, 0.5) is 11.4 Å². The number of nitro groups is 2. The van der Waals surface area contributed by atoms with Gasteiger partial charge >= 0.3 is 5.97 Å². The number of ether oxygens (including phenoxy) is 2. The largest absolute Gasteiger partial charge is 0.493 e. The van der Waals surface area contributed by atoms with Gasteiger partial charge in [-0.05, 0) is 36.3 Å². The summed E-state index contributed by atoms with van der Waals surface area (Å²) in [5, 5.41) is 22.0. The number of carbonyl (C=O) groups excluding carboxylic acids is 1. The van der Waals surface area contributed by atoms with E-state index in [0.717, 1.165) is 6.07 Å². The van der Waals surface area contributed by atoms with E-state index in [1.54, 1.807) is 24.3 Å². The molecular weight excluding hydrogens is 368 g/mol. The molecule has 2 aromatic rings. The highest BCUT2D eigenvalue weighted by Gasteiger charge is 2.17.